The van der Waals surface area contributed by atoms with Gasteiger partial charge in [-0.15, -0.1) is 0 Å². The molecule has 1 aromatic heterocycles. The number of benzene rings is 1. The van der Waals surface area contributed by atoms with Crippen LogP contribution in [0, 0.1) is 5.82 Å². The minimum atomic E-state index is -0.285. The lowest BCUT2D eigenvalue weighted by Crippen LogP contribution is -2.31. The first-order valence-corrected chi connectivity index (χ1v) is 6.28. The Morgan fingerprint density at radius 3 is 2.37 bits per heavy atom. The lowest BCUT2D eigenvalue weighted by atomic mass is 10.0. The molecule has 0 saturated carbocycles. The predicted octanol–water partition coefficient (Wildman–Crippen LogP) is 3.08. The highest BCUT2D eigenvalue weighted by molar-refractivity contribution is 5.25. The molecule has 3 nitrogen and oxygen atoms in total. The van der Waals surface area contributed by atoms with Gasteiger partial charge in [-0.2, -0.15) is 0 Å². The van der Waals surface area contributed by atoms with Crippen LogP contribution >= 0.6 is 0 Å². The molecule has 100 valence electrons. The van der Waals surface area contributed by atoms with Crippen molar-refractivity contribution in [1.29, 1.82) is 0 Å². The summed E-state index contributed by atoms with van der Waals surface area (Å²) in [4.78, 5) is 3.99. The topological polar surface area (TPSA) is 48.1 Å². The van der Waals surface area contributed by atoms with Crippen LogP contribution in [0.4, 0.5) is 4.39 Å². The van der Waals surface area contributed by atoms with Crippen LogP contribution in [0.5, 0.6) is 5.75 Å². The Morgan fingerprint density at radius 1 is 1.16 bits per heavy atom. The smallest absolute Gasteiger partial charge is 0.139 e. The van der Waals surface area contributed by atoms with Crippen molar-refractivity contribution in [1.82, 2.24) is 4.98 Å². The number of nitrogens with two attached hydrogens (primary N) is 1. The van der Waals surface area contributed by atoms with Crippen LogP contribution in [0.3, 0.4) is 0 Å². The molecular formula is C15H17FN2O. The molecule has 0 aliphatic heterocycles. The molecule has 2 N–H and O–H groups in total. The van der Waals surface area contributed by atoms with Gasteiger partial charge in [0.1, 0.15) is 17.7 Å². The molecule has 0 spiro atoms. The Morgan fingerprint density at radius 2 is 1.79 bits per heavy atom. The number of aromatic nitrogens is 1. The van der Waals surface area contributed by atoms with Crippen LogP contribution in [0.1, 0.15) is 25.0 Å². The largest absolute Gasteiger partial charge is 0.484 e. The van der Waals surface area contributed by atoms with Crippen molar-refractivity contribution in [3.05, 3.63) is 60.2 Å². The van der Waals surface area contributed by atoms with Gasteiger partial charge in [-0.3, -0.25) is 4.98 Å². The van der Waals surface area contributed by atoms with Crippen LogP contribution in [0.2, 0.25) is 0 Å². The Labute approximate surface area is 112 Å². The third-order valence-corrected chi connectivity index (χ3v) is 2.97. The number of nitrogens with zero attached hydrogens (tertiary/aromatic N) is 1. The first kappa shape index (κ1) is 13.5. The predicted molar refractivity (Wildman–Crippen MR) is 72.3 cm³/mol. The van der Waals surface area contributed by atoms with Crippen molar-refractivity contribution >= 4 is 0 Å². The molecule has 19 heavy (non-hydrogen) atoms. The zero-order valence-corrected chi connectivity index (χ0v) is 10.8. The lowest BCUT2D eigenvalue weighted by molar-refractivity contribution is 0.171. The minimum absolute atomic E-state index is 0.132. The number of halogens is 1. The Kier molecular flexibility index (Phi) is 4.47. The van der Waals surface area contributed by atoms with E-state index in [1.165, 1.54) is 12.1 Å². The number of pyridine rings is 1. The van der Waals surface area contributed by atoms with E-state index in [-0.39, 0.29) is 18.0 Å². The third kappa shape index (κ3) is 3.51. The summed E-state index contributed by atoms with van der Waals surface area (Å²) in [5.41, 5.74) is 7.07. The van der Waals surface area contributed by atoms with Crippen LogP contribution in [-0.2, 0) is 0 Å². The van der Waals surface area contributed by atoms with Gasteiger partial charge in [0.05, 0.1) is 0 Å². The molecule has 0 amide bonds. The summed E-state index contributed by atoms with van der Waals surface area (Å²) in [6, 6.07) is 9.57. The van der Waals surface area contributed by atoms with Crippen molar-refractivity contribution in [2.24, 2.45) is 5.73 Å². The first-order chi connectivity index (χ1) is 9.20. The lowest BCUT2D eigenvalue weighted by Gasteiger charge is -2.24. The van der Waals surface area contributed by atoms with E-state index in [4.69, 9.17) is 10.5 Å². The standard InChI is InChI=1S/C15H17FN2O/c1-2-14(17)15(11-7-9-18-10-8-11)19-13-5-3-12(16)4-6-13/h3-10,14-15H,2,17H2,1H3. The monoisotopic (exact) mass is 260 g/mol. The van der Waals surface area contributed by atoms with E-state index in [0.29, 0.717) is 5.75 Å². The second-order valence-electron chi connectivity index (χ2n) is 4.35. The van der Waals surface area contributed by atoms with Gasteiger partial charge in [-0.1, -0.05) is 6.92 Å². The maximum Gasteiger partial charge on any atom is 0.139 e. The Balaban J connectivity index is 2.21. The average molecular weight is 260 g/mol. The number of rotatable bonds is 5. The second-order valence-corrected chi connectivity index (χ2v) is 4.35. The Bertz CT molecular complexity index is 501. The van der Waals surface area contributed by atoms with Gasteiger partial charge >= 0.3 is 0 Å². The van der Waals surface area contributed by atoms with Gasteiger partial charge in [-0.25, -0.2) is 4.39 Å². The normalized spacial score (nSPS) is 13.8. The molecule has 2 rings (SSSR count). The van der Waals surface area contributed by atoms with E-state index in [0.717, 1.165) is 12.0 Å². The summed E-state index contributed by atoms with van der Waals surface area (Å²) >= 11 is 0. The quantitative estimate of drug-likeness (QED) is 0.898. The number of hydrogen-bond donors (Lipinski definition) is 1. The molecule has 0 aliphatic rings. The Hall–Kier alpha value is -1.94. The molecule has 0 saturated heterocycles. The molecule has 0 aliphatic carbocycles. The zero-order valence-electron chi connectivity index (χ0n) is 10.8. The average Bonchev–Trinajstić information content (AvgIpc) is 2.47. The maximum absolute atomic E-state index is 12.9. The summed E-state index contributed by atoms with van der Waals surface area (Å²) in [5.74, 6) is 0.319. The fraction of sp³-hybridized carbons (Fsp3) is 0.267. The summed E-state index contributed by atoms with van der Waals surface area (Å²) < 4.78 is 18.8. The molecule has 2 atom stereocenters. The molecule has 0 bridgehead atoms. The number of hydrogen-bond acceptors (Lipinski definition) is 3. The number of ether oxygens (including phenoxy) is 1. The molecule has 2 aromatic rings. The van der Waals surface area contributed by atoms with Crippen molar-refractivity contribution in [2.45, 2.75) is 25.5 Å². The van der Waals surface area contributed by atoms with Gasteiger partial charge in [-0.05, 0) is 48.4 Å². The molecule has 1 aromatic carbocycles. The van der Waals surface area contributed by atoms with E-state index >= 15 is 0 Å². The van der Waals surface area contributed by atoms with Crippen molar-refractivity contribution < 1.29 is 9.13 Å². The maximum atomic E-state index is 12.9. The highest BCUT2D eigenvalue weighted by atomic mass is 19.1. The van der Waals surface area contributed by atoms with Crippen LogP contribution < -0.4 is 10.5 Å². The van der Waals surface area contributed by atoms with E-state index < -0.39 is 0 Å². The summed E-state index contributed by atoms with van der Waals surface area (Å²) in [6.45, 7) is 2.01. The van der Waals surface area contributed by atoms with Crippen LogP contribution in [-0.4, -0.2) is 11.0 Å². The molecular weight excluding hydrogens is 243 g/mol. The van der Waals surface area contributed by atoms with Crippen LogP contribution in [0.25, 0.3) is 0 Å². The molecule has 1 heterocycles. The van der Waals surface area contributed by atoms with Crippen molar-refractivity contribution in [2.75, 3.05) is 0 Å². The van der Waals surface area contributed by atoms with E-state index in [2.05, 4.69) is 4.98 Å². The summed E-state index contributed by atoms with van der Waals surface area (Å²) in [7, 11) is 0. The van der Waals surface area contributed by atoms with Crippen molar-refractivity contribution in [3.63, 3.8) is 0 Å². The van der Waals surface area contributed by atoms with Gasteiger partial charge in [0.25, 0.3) is 0 Å². The zero-order chi connectivity index (χ0) is 13.7. The first-order valence-electron chi connectivity index (χ1n) is 6.28. The molecule has 2 unspecified atom stereocenters. The fourth-order valence-corrected chi connectivity index (χ4v) is 1.83. The fourth-order valence-electron chi connectivity index (χ4n) is 1.83. The minimum Gasteiger partial charge on any atom is -0.484 e. The highest BCUT2D eigenvalue weighted by Gasteiger charge is 2.20. The molecule has 4 heteroatoms. The molecule has 0 radical (unpaired) electrons. The van der Waals surface area contributed by atoms with Gasteiger partial charge in [0, 0.05) is 18.4 Å². The molecule has 0 fully saturated rings. The van der Waals surface area contributed by atoms with Crippen molar-refractivity contribution in [3.8, 4) is 5.75 Å². The van der Waals surface area contributed by atoms with E-state index in [1.807, 2.05) is 19.1 Å². The summed E-state index contributed by atoms with van der Waals surface area (Å²) in [5, 5.41) is 0. The SMILES string of the molecule is CCC(N)C(Oc1ccc(F)cc1)c1ccncc1. The highest BCUT2D eigenvalue weighted by Crippen LogP contribution is 2.25. The van der Waals surface area contributed by atoms with Crippen LogP contribution in [0.15, 0.2) is 48.8 Å². The second kappa shape index (κ2) is 6.29. The van der Waals surface area contributed by atoms with Gasteiger partial charge < -0.3 is 10.5 Å². The van der Waals surface area contributed by atoms with E-state index in [1.54, 1.807) is 24.5 Å². The van der Waals surface area contributed by atoms with E-state index in [9.17, 15) is 4.39 Å². The van der Waals surface area contributed by atoms with Gasteiger partial charge in [0.2, 0.25) is 0 Å². The summed E-state index contributed by atoms with van der Waals surface area (Å²) in [6.07, 6.45) is 3.93. The van der Waals surface area contributed by atoms with Gasteiger partial charge in [0.15, 0.2) is 0 Å². The third-order valence-electron chi connectivity index (χ3n) is 2.97.